The number of hydrogen-bond donors (Lipinski definition) is 7. The molecule has 7 N–H and O–H groups in total. The van der Waals surface area contributed by atoms with Crippen molar-refractivity contribution in [2.24, 2.45) is 0 Å². The first-order valence-electron chi connectivity index (χ1n) is 24.9. The molecule has 0 bridgehead atoms. The van der Waals surface area contributed by atoms with Crippen molar-refractivity contribution >= 4 is 5.97 Å². The molecule has 2 rings (SSSR count). The summed E-state index contributed by atoms with van der Waals surface area (Å²) in [5, 5.41) is 72.0. The second-order valence-corrected chi connectivity index (χ2v) is 17.3. The largest absolute Gasteiger partial charge is 0.457 e. The molecule has 376 valence electrons. The lowest BCUT2D eigenvalue weighted by Crippen LogP contribution is -2.61. The minimum atomic E-state index is -1.71. The van der Waals surface area contributed by atoms with Crippen LogP contribution in [0.1, 0.15) is 155 Å². The molecule has 2 aliphatic rings. The highest BCUT2D eigenvalue weighted by atomic mass is 16.7. The fraction of sp³-hybridized carbons (Fsp3) is 0.784. The summed E-state index contributed by atoms with van der Waals surface area (Å²) in [6.45, 7) is 3.49. The molecule has 0 aromatic rings. The topological polar surface area (TPSA) is 214 Å². The number of esters is 1. The summed E-state index contributed by atoms with van der Waals surface area (Å²) in [5.41, 5.74) is 0. The van der Waals surface area contributed by atoms with Crippen LogP contribution < -0.4 is 0 Å². The van der Waals surface area contributed by atoms with Gasteiger partial charge in [-0.2, -0.15) is 0 Å². The molecule has 14 heteroatoms. The molecule has 0 aliphatic carbocycles. The maximum atomic E-state index is 12.9. The number of allylic oxidation sites excluding steroid dienone is 10. The third kappa shape index (κ3) is 26.7. The van der Waals surface area contributed by atoms with Gasteiger partial charge < -0.3 is 64.2 Å². The van der Waals surface area contributed by atoms with Gasteiger partial charge in [-0.1, -0.05) is 152 Å². The molecule has 0 amide bonds. The highest BCUT2D eigenvalue weighted by Crippen LogP contribution is 2.26. The normalized spacial score (nSPS) is 27.0. The van der Waals surface area contributed by atoms with Gasteiger partial charge in [-0.25, -0.2) is 0 Å². The van der Waals surface area contributed by atoms with Crippen LogP contribution in [0.25, 0.3) is 0 Å². The SMILES string of the molecule is CC/C=C\C/C=C\C/C=C\C/C=C\C/C=C\CCCCCCCCOCC(COC1OC(COC2OC(CO)C(O)C(O)C2O)C(O)C(O)C1O)OC(=O)CCCCCCCCCCC. The minimum absolute atomic E-state index is 0.0500. The van der Waals surface area contributed by atoms with Crippen LogP contribution >= 0.6 is 0 Å². The van der Waals surface area contributed by atoms with E-state index < -0.39 is 80.7 Å². The Labute approximate surface area is 390 Å². The van der Waals surface area contributed by atoms with Crippen LogP contribution in [-0.2, 0) is 33.2 Å². The maximum Gasteiger partial charge on any atom is 0.306 e. The molecule has 0 aromatic heterocycles. The lowest BCUT2D eigenvalue weighted by molar-refractivity contribution is -0.332. The fourth-order valence-corrected chi connectivity index (χ4v) is 7.49. The number of aliphatic hydroxyl groups excluding tert-OH is 7. The number of carbonyl (C=O) groups is 1. The highest BCUT2D eigenvalue weighted by Gasteiger charge is 2.47. The zero-order valence-corrected chi connectivity index (χ0v) is 39.7. The van der Waals surface area contributed by atoms with Crippen LogP contribution in [0.2, 0.25) is 0 Å². The molecular weight excluding hydrogens is 837 g/mol. The molecule has 2 heterocycles. The fourth-order valence-electron chi connectivity index (χ4n) is 7.49. The number of aliphatic hydroxyl groups is 7. The van der Waals surface area contributed by atoms with Crippen molar-refractivity contribution in [1.82, 2.24) is 0 Å². The van der Waals surface area contributed by atoms with Crippen molar-refractivity contribution in [3.63, 3.8) is 0 Å². The average Bonchev–Trinajstić information content (AvgIpc) is 3.30. The number of unbranched alkanes of at least 4 members (excludes halogenated alkanes) is 14. The predicted molar refractivity (Wildman–Crippen MR) is 252 cm³/mol. The van der Waals surface area contributed by atoms with Crippen LogP contribution in [0.5, 0.6) is 0 Å². The Hall–Kier alpha value is -2.31. The van der Waals surface area contributed by atoms with E-state index in [2.05, 4.69) is 74.6 Å². The Bertz CT molecular complexity index is 1300. The zero-order valence-electron chi connectivity index (χ0n) is 39.7. The Morgan fingerprint density at radius 2 is 1.00 bits per heavy atom. The van der Waals surface area contributed by atoms with Crippen molar-refractivity contribution in [1.29, 1.82) is 0 Å². The van der Waals surface area contributed by atoms with Gasteiger partial charge in [-0.05, 0) is 57.8 Å². The van der Waals surface area contributed by atoms with Gasteiger partial charge in [-0.3, -0.25) is 4.79 Å². The van der Waals surface area contributed by atoms with Gasteiger partial charge >= 0.3 is 5.97 Å². The van der Waals surface area contributed by atoms with Crippen LogP contribution in [-0.4, -0.2) is 142 Å². The van der Waals surface area contributed by atoms with E-state index in [1.165, 1.54) is 38.5 Å². The zero-order chi connectivity index (χ0) is 47.3. The lowest BCUT2D eigenvalue weighted by atomic mass is 9.98. The number of hydrogen-bond acceptors (Lipinski definition) is 14. The van der Waals surface area contributed by atoms with Gasteiger partial charge in [0.15, 0.2) is 12.6 Å². The van der Waals surface area contributed by atoms with E-state index in [9.17, 15) is 40.5 Å². The van der Waals surface area contributed by atoms with Crippen LogP contribution in [0.15, 0.2) is 60.8 Å². The Balaban J connectivity index is 1.74. The molecule has 0 spiro atoms. The Morgan fingerprint density at radius 1 is 0.523 bits per heavy atom. The van der Waals surface area contributed by atoms with Crippen molar-refractivity contribution in [2.45, 2.75) is 223 Å². The van der Waals surface area contributed by atoms with Crippen molar-refractivity contribution in [3.05, 3.63) is 60.8 Å². The molecule has 0 aromatic carbocycles. The minimum Gasteiger partial charge on any atom is -0.457 e. The quantitative estimate of drug-likeness (QED) is 0.0190. The first-order chi connectivity index (χ1) is 31.6. The van der Waals surface area contributed by atoms with E-state index in [-0.39, 0.29) is 25.6 Å². The van der Waals surface area contributed by atoms with Gasteiger partial charge in [0.2, 0.25) is 0 Å². The Morgan fingerprint density at radius 3 is 1.57 bits per heavy atom. The van der Waals surface area contributed by atoms with E-state index in [1.807, 2.05) is 0 Å². The molecule has 0 saturated carbocycles. The maximum absolute atomic E-state index is 12.9. The second kappa shape index (κ2) is 38.6. The van der Waals surface area contributed by atoms with Gasteiger partial charge in [0, 0.05) is 13.0 Å². The summed E-state index contributed by atoms with van der Waals surface area (Å²) < 4.78 is 34.2. The van der Waals surface area contributed by atoms with E-state index in [0.29, 0.717) is 13.0 Å². The Kier molecular flexibility index (Phi) is 35.0. The molecule has 65 heavy (non-hydrogen) atoms. The smallest absolute Gasteiger partial charge is 0.306 e. The molecule has 11 atom stereocenters. The standard InChI is InChI=1S/C51H88O14/c1-3-5-7-9-11-13-14-15-16-17-18-19-20-21-22-23-24-25-27-29-31-33-35-60-37-40(63-43(53)34-32-30-28-26-12-10-8-6-4-2)38-61-50-49(59)47(57)45(55)42(65-50)39-62-51-48(58)46(56)44(54)41(36-52)64-51/h5,7,11,13,15-16,18-19,21-22,40-42,44-52,54-59H,3-4,6,8-10,12,14,17,20,23-39H2,1-2H3/b7-5-,13-11-,16-15-,19-18-,22-21-. The molecule has 2 saturated heterocycles. The van der Waals surface area contributed by atoms with Crippen molar-refractivity contribution in [3.8, 4) is 0 Å². The van der Waals surface area contributed by atoms with Gasteiger partial charge in [-0.15, -0.1) is 0 Å². The highest BCUT2D eigenvalue weighted by molar-refractivity contribution is 5.69. The van der Waals surface area contributed by atoms with Gasteiger partial charge in [0.05, 0.1) is 26.4 Å². The lowest BCUT2D eigenvalue weighted by Gasteiger charge is -2.42. The van der Waals surface area contributed by atoms with E-state index in [4.69, 9.17) is 28.4 Å². The summed E-state index contributed by atoms with van der Waals surface area (Å²) >= 11 is 0. The molecule has 2 aliphatic heterocycles. The summed E-state index contributed by atoms with van der Waals surface area (Å²) in [6.07, 6.45) is 28.7. The molecule has 0 radical (unpaired) electrons. The second-order valence-electron chi connectivity index (χ2n) is 17.3. The number of ether oxygens (including phenoxy) is 6. The molecule has 2 fully saturated rings. The summed E-state index contributed by atoms with van der Waals surface area (Å²) in [5.74, 6) is -0.388. The summed E-state index contributed by atoms with van der Waals surface area (Å²) in [6, 6.07) is 0. The summed E-state index contributed by atoms with van der Waals surface area (Å²) in [4.78, 5) is 12.9. The third-order valence-electron chi connectivity index (χ3n) is 11.5. The average molecular weight is 925 g/mol. The first kappa shape index (κ1) is 58.8. The summed E-state index contributed by atoms with van der Waals surface area (Å²) in [7, 11) is 0. The molecule has 11 unspecified atom stereocenters. The monoisotopic (exact) mass is 925 g/mol. The first-order valence-corrected chi connectivity index (χ1v) is 24.9. The predicted octanol–water partition coefficient (Wildman–Crippen LogP) is 6.96. The number of rotatable bonds is 38. The van der Waals surface area contributed by atoms with Gasteiger partial charge in [0.25, 0.3) is 0 Å². The van der Waals surface area contributed by atoms with Crippen LogP contribution in [0, 0.1) is 0 Å². The van der Waals surface area contributed by atoms with E-state index in [1.54, 1.807) is 0 Å². The number of carbonyl (C=O) groups excluding carboxylic acids is 1. The van der Waals surface area contributed by atoms with Crippen molar-refractivity contribution in [2.75, 3.05) is 33.0 Å². The molecular formula is C51H88O14. The van der Waals surface area contributed by atoms with Gasteiger partial charge in [0.1, 0.15) is 54.9 Å². The van der Waals surface area contributed by atoms with E-state index in [0.717, 1.165) is 89.9 Å². The third-order valence-corrected chi connectivity index (χ3v) is 11.5. The van der Waals surface area contributed by atoms with Crippen molar-refractivity contribution < 1.29 is 69.0 Å². The van der Waals surface area contributed by atoms with E-state index >= 15 is 0 Å². The van der Waals surface area contributed by atoms with Crippen LogP contribution in [0.4, 0.5) is 0 Å². The van der Waals surface area contributed by atoms with Crippen LogP contribution in [0.3, 0.4) is 0 Å². The molecule has 14 nitrogen and oxygen atoms in total.